The van der Waals surface area contributed by atoms with Crippen LogP contribution in [0.2, 0.25) is 0 Å². The van der Waals surface area contributed by atoms with E-state index in [0.29, 0.717) is 25.9 Å². The standard InChI is InChI=1S/C37H44N2O6/c1-3-5-8-18-36(42)45-34(30-16-11-7-12-17-30)25-38-37(43)31(13-4-2)24-35(41)39-32(26-40)23-28-19-21-33(22-20-28)44-27-29-14-9-6-10-15-29/h3-4,6-7,9-12,14-17,19-22,31-32,34,40H,1-2,5,8,13,18,23-27H2,(H,38,43)(H,39,41). The number of amides is 2. The number of hydrogen-bond acceptors (Lipinski definition) is 6. The number of esters is 1. The Labute approximate surface area is 266 Å². The average Bonchev–Trinajstić information content (AvgIpc) is 3.06. The van der Waals surface area contributed by atoms with Crippen molar-refractivity contribution in [1.29, 1.82) is 0 Å². The second-order valence-corrected chi connectivity index (χ2v) is 10.8. The number of carbonyl (C=O) groups excluding carboxylic acids is 3. The van der Waals surface area contributed by atoms with Gasteiger partial charge in [-0.15, -0.1) is 13.2 Å². The highest BCUT2D eigenvalue weighted by Crippen LogP contribution is 2.19. The molecule has 0 aliphatic carbocycles. The number of unbranched alkanes of at least 4 members (excludes halogenated alkanes) is 1. The van der Waals surface area contributed by atoms with Gasteiger partial charge in [-0.25, -0.2) is 0 Å². The molecule has 0 fully saturated rings. The van der Waals surface area contributed by atoms with Crippen LogP contribution in [0.15, 0.2) is 110 Å². The number of aliphatic hydroxyl groups excluding tert-OH is 1. The van der Waals surface area contributed by atoms with E-state index in [1.165, 1.54) is 0 Å². The lowest BCUT2D eigenvalue weighted by Gasteiger charge is -2.22. The Morgan fingerprint density at radius 1 is 0.867 bits per heavy atom. The molecule has 0 spiro atoms. The minimum atomic E-state index is -0.678. The molecule has 8 nitrogen and oxygen atoms in total. The maximum atomic E-state index is 13.2. The van der Waals surface area contributed by atoms with E-state index in [1.807, 2.05) is 84.9 Å². The first-order chi connectivity index (χ1) is 21.9. The van der Waals surface area contributed by atoms with Crippen LogP contribution in [-0.4, -0.2) is 42.1 Å². The van der Waals surface area contributed by atoms with Gasteiger partial charge in [0.25, 0.3) is 0 Å². The molecule has 2 amide bonds. The normalized spacial score (nSPS) is 12.6. The van der Waals surface area contributed by atoms with E-state index < -0.39 is 18.1 Å². The number of benzene rings is 3. The van der Waals surface area contributed by atoms with Gasteiger partial charge in [-0.1, -0.05) is 84.9 Å². The van der Waals surface area contributed by atoms with Crippen LogP contribution in [0.25, 0.3) is 0 Å². The molecule has 238 valence electrons. The van der Waals surface area contributed by atoms with E-state index in [4.69, 9.17) is 9.47 Å². The number of rotatable bonds is 20. The van der Waals surface area contributed by atoms with E-state index in [1.54, 1.807) is 12.2 Å². The van der Waals surface area contributed by atoms with E-state index in [2.05, 4.69) is 23.8 Å². The molecule has 3 N–H and O–H groups in total. The summed E-state index contributed by atoms with van der Waals surface area (Å²) in [6.07, 6.45) is 4.88. The summed E-state index contributed by atoms with van der Waals surface area (Å²) in [5, 5.41) is 15.7. The van der Waals surface area contributed by atoms with Crippen molar-refractivity contribution in [3.05, 3.63) is 127 Å². The molecule has 0 aromatic heterocycles. The van der Waals surface area contributed by atoms with Gasteiger partial charge in [-0.05, 0) is 54.5 Å². The lowest BCUT2D eigenvalue weighted by atomic mass is 9.98. The van der Waals surface area contributed by atoms with Gasteiger partial charge in [-0.3, -0.25) is 14.4 Å². The van der Waals surface area contributed by atoms with Crippen molar-refractivity contribution in [2.24, 2.45) is 5.92 Å². The largest absolute Gasteiger partial charge is 0.489 e. The molecule has 3 rings (SSSR count). The number of aliphatic hydroxyl groups is 1. The van der Waals surface area contributed by atoms with Crippen LogP contribution >= 0.6 is 0 Å². The Hall–Kier alpha value is -4.69. The van der Waals surface area contributed by atoms with E-state index in [-0.39, 0.29) is 50.2 Å². The molecule has 3 aromatic rings. The molecule has 0 aliphatic rings. The van der Waals surface area contributed by atoms with Gasteiger partial charge in [0.1, 0.15) is 18.5 Å². The van der Waals surface area contributed by atoms with E-state index >= 15 is 0 Å². The molecule has 0 radical (unpaired) electrons. The Kier molecular flexibility index (Phi) is 15.1. The van der Waals surface area contributed by atoms with Crippen LogP contribution in [0.4, 0.5) is 0 Å². The van der Waals surface area contributed by atoms with Gasteiger partial charge in [0.2, 0.25) is 11.8 Å². The van der Waals surface area contributed by atoms with Crippen LogP contribution < -0.4 is 15.4 Å². The summed E-state index contributed by atoms with van der Waals surface area (Å²) in [7, 11) is 0. The molecule has 8 heteroatoms. The van der Waals surface area contributed by atoms with Gasteiger partial charge in [0.05, 0.1) is 25.1 Å². The van der Waals surface area contributed by atoms with Gasteiger partial charge in [0.15, 0.2) is 0 Å². The van der Waals surface area contributed by atoms with Gasteiger partial charge >= 0.3 is 5.97 Å². The second kappa shape index (κ2) is 19.6. The second-order valence-electron chi connectivity index (χ2n) is 10.8. The van der Waals surface area contributed by atoms with Crippen molar-refractivity contribution >= 4 is 17.8 Å². The van der Waals surface area contributed by atoms with Crippen molar-refractivity contribution in [2.75, 3.05) is 13.2 Å². The first kappa shape index (κ1) is 34.8. The van der Waals surface area contributed by atoms with Crippen molar-refractivity contribution in [1.82, 2.24) is 10.6 Å². The molecule has 45 heavy (non-hydrogen) atoms. The van der Waals surface area contributed by atoms with E-state index in [9.17, 15) is 19.5 Å². The highest BCUT2D eigenvalue weighted by atomic mass is 16.5. The smallest absolute Gasteiger partial charge is 0.306 e. The predicted octanol–water partition coefficient (Wildman–Crippen LogP) is 5.62. The Morgan fingerprint density at radius 2 is 1.56 bits per heavy atom. The zero-order valence-electron chi connectivity index (χ0n) is 25.7. The Balaban J connectivity index is 1.52. The predicted molar refractivity (Wildman–Crippen MR) is 175 cm³/mol. The molecule has 3 unspecified atom stereocenters. The number of allylic oxidation sites excluding steroid dienone is 2. The van der Waals surface area contributed by atoms with Crippen molar-refractivity contribution in [3.8, 4) is 5.75 Å². The topological polar surface area (TPSA) is 114 Å². The minimum Gasteiger partial charge on any atom is -0.489 e. The van der Waals surface area contributed by atoms with Crippen LogP contribution in [0.5, 0.6) is 5.75 Å². The molecule has 0 aliphatic heterocycles. The van der Waals surface area contributed by atoms with Crippen molar-refractivity contribution < 1.29 is 29.0 Å². The molecule has 0 heterocycles. The fourth-order valence-electron chi connectivity index (χ4n) is 4.74. The van der Waals surface area contributed by atoms with Crippen molar-refractivity contribution in [3.63, 3.8) is 0 Å². The summed E-state index contributed by atoms with van der Waals surface area (Å²) in [6, 6.07) is 26.1. The zero-order chi connectivity index (χ0) is 32.3. The van der Waals surface area contributed by atoms with Gasteiger partial charge in [-0.2, -0.15) is 0 Å². The fourth-order valence-corrected chi connectivity index (χ4v) is 4.74. The minimum absolute atomic E-state index is 0.0651. The number of carbonyl (C=O) groups is 3. The Bertz CT molecular complexity index is 1340. The number of ether oxygens (including phenoxy) is 2. The summed E-state index contributed by atoms with van der Waals surface area (Å²) in [5.41, 5.74) is 2.75. The quantitative estimate of drug-likeness (QED) is 0.0867. The van der Waals surface area contributed by atoms with Crippen LogP contribution in [0, 0.1) is 5.92 Å². The van der Waals surface area contributed by atoms with Gasteiger partial charge in [0, 0.05) is 12.8 Å². The summed E-state index contributed by atoms with van der Waals surface area (Å²) in [4.78, 5) is 38.6. The third-order valence-electron chi connectivity index (χ3n) is 7.19. The first-order valence-corrected chi connectivity index (χ1v) is 15.3. The molecular formula is C37H44N2O6. The van der Waals surface area contributed by atoms with Crippen LogP contribution in [-0.2, 0) is 32.1 Å². The first-order valence-electron chi connectivity index (χ1n) is 15.3. The maximum Gasteiger partial charge on any atom is 0.306 e. The summed E-state index contributed by atoms with van der Waals surface area (Å²) >= 11 is 0. The molecular weight excluding hydrogens is 568 g/mol. The summed E-state index contributed by atoms with van der Waals surface area (Å²) in [6.45, 7) is 7.68. The average molecular weight is 613 g/mol. The fraction of sp³-hybridized carbons (Fsp3) is 0.324. The Morgan fingerprint density at radius 3 is 2.20 bits per heavy atom. The third kappa shape index (κ3) is 12.8. The number of hydrogen-bond donors (Lipinski definition) is 3. The zero-order valence-corrected chi connectivity index (χ0v) is 25.7. The van der Waals surface area contributed by atoms with Crippen molar-refractivity contribution in [2.45, 2.75) is 57.3 Å². The number of nitrogens with one attached hydrogen (secondary N) is 2. The lowest BCUT2D eigenvalue weighted by Crippen LogP contribution is -2.42. The maximum absolute atomic E-state index is 13.2. The van der Waals surface area contributed by atoms with E-state index in [0.717, 1.165) is 22.4 Å². The third-order valence-corrected chi connectivity index (χ3v) is 7.19. The molecule has 3 aromatic carbocycles. The molecule has 3 atom stereocenters. The summed E-state index contributed by atoms with van der Waals surface area (Å²) < 4.78 is 11.5. The van der Waals surface area contributed by atoms with Gasteiger partial charge < -0.3 is 25.2 Å². The molecule has 0 saturated heterocycles. The molecule has 0 bridgehead atoms. The highest BCUT2D eigenvalue weighted by Gasteiger charge is 2.24. The SMILES string of the molecule is C=CCCCC(=O)OC(CNC(=O)C(CC=C)CC(=O)NC(CO)Cc1ccc(OCc2ccccc2)cc1)c1ccccc1. The highest BCUT2D eigenvalue weighted by molar-refractivity contribution is 5.86. The molecule has 0 saturated carbocycles. The lowest BCUT2D eigenvalue weighted by molar-refractivity contribution is -0.150. The monoisotopic (exact) mass is 612 g/mol. The van der Waals surface area contributed by atoms with Crippen LogP contribution in [0.1, 0.15) is 54.9 Å². The van der Waals surface area contributed by atoms with Crippen LogP contribution in [0.3, 0.4) is 0 Å². The summed E-state index contributed by atoms with van der Waals surface area (Å²) in [5.74, 6) is -1.01.